The van der Waals surface area contributed by atoms with E-state index in [9.17, 15) is 9.59 Å². The lowest BCUT2D eigenvalue weighted by Crippen LogP contribution is -2.56. The first-order valence-corrected chi connectivity index (χ1v) is 10.9. The first-order valence-electron chi connectivity index (χ1n) is 10.9. The van der Waals surface area contributed by atoms with E-state index in [4.69, 9.17) is 15.2 Å². The van der Waals surface area contributed by atoms with Crippen molar-refractivity contribution in [3.63, 3.8) is 0 Å². The smallest absolute Gasteiger partial charge is 0.272 e. The minimum Gasteiger partial charge on any atom is -0.486 e. The van der Waals surface area contributed by atoms with Crippen LogP contribution in [0.3, 0.4) is 0 Å². The van der Waals surface area contributed by atoms with E-state index < -0.39 is 5.54 Å². The van der Waals surface area contributed by atoms with Gasteiger partial charge in [-0.15, -0.1) is 0 Å². The van der Waals surface area contributed by atoms with Crippen molar-refractivity contribution in [3.8, 4) is 11.5 Å². The Morgan fingerprint density at radius 1 is 1.12 bits per heavy atom. The number of carbonyl (C=O) groups excluding carboxylic acids is 2. The maximum Gasteiger partial charge on any atom is 0.272 e. The monoisotopic (exact) mass is 439 g/mol. The van der Waals surface area contributed by atoms with Crippen LogP contribution >= 0.6 is 0 Å². The van der Waals surface area contributed by atoms with Gasteiger partial charge in [0.05, 0.1) is 5.54 Å². The molecule has 0 saturated carbocycles. The van der Waals surface area contributed by atoms with E-state index in [1.165, 1.54) is 5.01 Å². The quantitative estimate of drug-likeness (QED) is 0.709. The van der Waals surface area contributed by atoms with Crippen molar-refractivity contribution in [2.45, 2.75) is 59.6 Å². The average Bonchev–Trinajstić information content (AvgIpc) is 2.70. The summed E-state index contributed by atoms with van der Waals surface area (Å²) in [4.78, 5) is 26.6. The molecule has 0 spiro atoms. The molecule has 0 radical (unpaired) electrons. The highest BCUT2D eigenvalue weighted by Crippen LogP contribution is 2.37. The summed E-state index contributed by atoms with van der Waals surface area (Å²) < 4.78 is 11.8. The maximum absolute atomic E-state index is 13.3. The van der Waals surface area contributed by atoms with E-state index in [-0.39, 0.29) is 17.9 Å². The number of nitrogens with zero attached hydrogens (tertiary/aromatic N) is 1. The molecule has 2 aromatic carbocycles. The van der Waals surface area contributed by atoms with Crippen molar-refractivity contribution in [1.82, 2.24) is 10.4 Å². The summed E-state index contributed by atoms with van der Waals surface area (Å²) in [6, 6.07) is 9.08. The molecule has 1 heterocycles. The molecule has 0 aromatic heterocycles. The Labute approximate surface area is 189 Å². The number of hydrogen-bond donors (Lipinski definition) is 2. The third-order valence-corrected chi connectivity index (χ3v) is 5.37. The summed E-state index contributed by atoms with van der Waals surface area (Å²) in [5, 5.41) is 1.39. The second-order valence-electron chi connectivity index (χ2n) is 9.32. The standard InChI is InChI=1S/C25H33N3O4/c1-15-11-16(2)13-18(12-15)24(30)28(25(4,5)6)27-23(29)20-7-8-21-22(17(20)3)32-19(9-10-26)14-31-21/h7-8,11-13,19H,9-10,14,26H2,1-6H3,(H,27,29). The molecule has 32 heavy (non-hydrogen) atoms. The van der Waals surface area contributed by atoms with Gasteiger partial charge in [-0.2, -0.15) is 0 Å². The normalized spacial score (nSPS) is 15.3. The SMILES string of the molecule is Cc1cc(C)cc(C(=O)N(NC(=O)c2ccc3c(c2C)OC(CCN)CO3)C(C)(C)C)c1. The fourth-order valence-corrected chi connectivity index (χ4v) is 3.80. The molecule has 0 fully saturated rings. The van der Waals surface area contributed by atoms with Crippen molar-refractivity contribution in [2.75, 3.05) is 13.2 Å². The molecule has 0 aliphatic carbocycles. The Morgan fingerprint density at radius 3 is 2.38 bits per heavy atom. The van der Waals surface area contributed by atoms with Gasteiger partial charge in [-0.25, -0.2) is 5.01 Å². The predicted octanol–water partition coefficient (Wildman–Crippen LogP) is 3.69. The molecule has 2 amide bonds. The molecule has 0 bridgehead atoms. The number of benzene rings is 2. The van der Waals surface area contributed by atoms with Crippen molar-refractivity contribution >= 4 is 11.8 Å². The van der Waals surface area contributed by atoms with Crippen molar-refractivity contribution in [3.05, 3.63) is 58.1 Å². The van der Waals surface area contributed by atoms with Gasteiger partial charge >= 0.3 is 0 Å². The van der Waals surface area contributed by atoms with Crippen LogP contribution in [0, 0.1) is 20.8 Å². The second-order valence-corrected chi connectivity index (χ2v) is 9.32. The Morgan fingerprint density at radius 2 is 1.78 bits per heavy atom. The number of carbonyl (C=O) groups is 2. The van der Waals surface area contributed by atoms with E-state index in [2.05, 4.69) is 5.43 Å². The molecule has 1 unspecified atom stereocenters. The first kappa shape index (κ1) is 23.6. The van der Waals surface area contributed by atoms with Crippen LogP contribution in [0.1, 0.15) is 64.6 Å². The molecule has 172 valence electrons. The largest absolute Gasteiger partial charge is 0.486 e. The highest BCUT2D eigenvalue weighted by molar-refractivity contribution is 6.00. The highest BCUT2D eigenvalue weighted by Gasteiger charge is 2.31. The first-order chi connectivity index (χ1) is 15.0. The topological polar surface area (TPSA) is 93.9 Å². The molecule has 1 aliphatic heterocycles. The van der Waals surface area contributed by atoms with Gasteiger partial charge in [-0.1, -0.05) is 17.2 Å². The van der Waals surface area contributed by atoms with Crippen LogP contribution in [0.4, 0.5) is 0 Å². The zero-order valence-corrected chi connectivity index (χ0v) is 19.7. The van der Waals surface area contributed by atoms with Crippen LogP contribution in [0.5, 0.6) is 11.5 Å². The van der Waals surface area contributed by atoms with Gasteiger partial charge in [-0.3, -0.25) is 15.0 Å². The summed E-state index contributed by atoms with van der Waals surface area (Å²) in [5.74, 6) is 0.495. The van der Waals surface area contributed by atoms with Gasteiger partial charge in [-0.05, 0) is 78.8 Å². The predicted molar refractivity (Wildman–Crippen MR) is 124 cm³/mol. The lowest BCUT2D eigenvalue weighted by Gasteiger charge is -2.36. The number of nitrogens with two attached hydrogens (primary N) is 1. The number of aryl methyl sites for hydroxylation is 2. The van der Waals surface area contributed by atoms with E-state index in [1.807, 2.05) is 59.7 Å². The maximum atomic E-state index is 13.3. The van der Waals surface area contributed by atoms with Gasteiger partial charge in [0.2, 0.25) is 0 Å². The zero-order chi connectivity index (χ0) is 23.6. The summed E-state index contributed by atoms with van der Waals surface area (Å²) >= 11 is 0. The number of fused-ring (bicyclic) bond motifs is 1. The van der Waals surface area contributed by atoms with E-state index in [0.29, 0.717) is 47.8 Å². The minimum atomic E-state index is -0.641. The number of amides is 2. The average molecular weight is 440 g/mol. The number of ether oxygens (including phenoxy) is 2. The van der Waals surface area contributed by atoms with E-state index in [1.54, 1.807) is 12.1 Å². The summed E-state index contributed by atoms with van der Waals surface area (Å²) in [6.45, 7) is 12.3. The molecule has 1 aliphatic rings. The van der Waals surface area contributed by atoms with Gasteiger partial charge in [0, 0.05) is 16.7 Å². The Kier molecular flexibility index (Phi) is 6.79. The molecule has 7 nitrogen and oxygen atoms in total. The Hall–Kier alpha value is -3.06. The van der Waals surface area contributed by atoms with Crippen LogP contribution in [0.25, 0.3) is 0 Å². The molecule has 1 atom stereocenters. The van der Waals surface area contributed by atoms with Gasteiger partial charge < -0.3 is 15.2 Å². The number of rotatable bonds is 4. The molecule has 7 heteroatoms. The number of hydrazine groups is 1. The summed E-state index contributed by atoms with van der Waals surface area (Å²) in [7, 11) is 0. The molecule has 2 aromatic rings. The van der Waals surface area contributed by atoms with Gasteiger partial charge in [0.1, 0.15) is 12.7 Å². The third kappa shape index (κ3) is 5.05. The minimum absolute atomic E-state index is 0.151. The summed E-state index contributed by atoms with van der Waals surface area (Å²) in [5.41, 5.74) is 11.4. The fraction of sp³-hybridized carbons (Fsp3) is 0.440. The van der Waals surface area contributed by atoms with Crippen molar-refractivity contribution in [2.24, 2.45) is 5.73 Å². The Balaban J connectivity index is 1.89. The van der Waals surface area contributed by atoms with Crippen molar-refractivity contribution < 1.29 is 19.1 Å². The second kappa shape index (κ2) is 9.20. The van der Waals surface area contributed by atoms with Crippen LogP contribution in [-0.4, -0.2) is 41.6 Å². The van der Waals surface area contributed by atoms with Crippen LogP contribution < -0.4 is 20.6 Å². The lowest BCUT2D eigenvalue weighted by molar-refractivity contribution is 0.0357. The highest BCUT2D eigenvalue weighted by atomic mass is 16.6. The number of hydrogen-bond acceptors (Lipinski definition) is 5. The molecular formula is C25H33N3O4. The van der Waals surface area contributed by atoms with Crippen LogP contribution in [0.2, 0.25) is 0 Å². The fourth-order valence-electron chi connectivity index (χ4n) is 3.80. The van der Waals surface area contributed by atoms with Crippen LogP contribution in [-0.2, 0) is 0 Å². The molecule has 3 N–H and O–H groups in total. The molecule has 3 rings (SSSR count). The Bertz CT molecular complexity index is 1010. The third-order valence-electron chi connectivity index (χ3n) is 5.37. The summed E-state index contributed by atoms with van der Waals surface area (Å²) in [6.07, 6.45) is 0.513. The van der Waals surface area contributed by atoms with Gasteiger partial charge in [0.25, 0.3) is 11.8 Å². The van der Waals surface area contributed by atoms with Crippen molar-refractivity contribution in [1.29, 1.82) is 0 Å². The van der Waals surface area contributed by atoms with E-state index >= 15 is 0 Å². The van der Waals surface area contributed by atoms with E-state index in [0.717, 1.165) is 11.1 Å². The van der Waals surface area contributed by atoms with Crippen LogP contribution in [0.15, 0.2) is 30.3 Å². The lowest BCUT2D eigenvalue weighted by atomic mass is 10.0. The van der Waals surface area contributed by atoms with Gasteiger partial charge in [0.15, 0.2) is 11.5 Å². The number of nitrogens with one attached hydrogen (secondary N) is 1. The molecule has 0 saturated heterocycles. The molecular weight excluding hydrogens is 406 g/mol. The zero-order valence-electron chi connectivity index (χ0n) is 19.7.